The average Bonchev–Trinajstić information content (AvgIpc) is 2.64. The number of anilines is 1. The highest BCUT2D eigenvalue weighted by atomic mass is 32.2. The standard InChI is InChI=1S/C12H19N5O3S/c13-11-3-2-10(8-15-11)21(19,20)17-5-1-4-16(6-7-17)9-12(14)18/h2-3,8H,1,4-7,9H2,(H2,13,15)(H2,14,18). The van der Waals surface area contributed by atoms with Gasteiger partial charge in [0.1, 0.15) is 10.7 Å². The van der Waals surface area contributed by atoms with Crippen LogP contribution in [0.2, 0.25) is 0 Å². The number of nitrogen functional groups attached to an aromatic ring is 1. The quantitative estimate of drug-likeness (QED) is 0.723. The fourth-order valence-corrected chi connectivity index (χ4v) is 3.68. The molecule has 21 heavy (non-hydrogen) atoms. The van der Waals surface area contributed by atoms with E-state index in [1.165, 1.54) is 22.6 Å². The number of pyridine rings is 1. The van der Waals surface area contributed by atoms with Gasteiger partial charge in [0, 0.05) is 25.8 Å². The third-order valence-electron chi connectivity index (χ3n) is 3.32. The first-order valence-corrected chi connectivity index (χ1v) is 8.06. The van der Waals surface area contributed by atoms with Crippen molar-refractivity contribution in [2.24, 2.45) is 5.73 Å². The van der Waals surface area contributed by atoms with E-state index in [2.05, 4.69) is 4.98 Å². The van der Waals surface area contributed by atoms with Crippen LogP contribution in [0.1, 0.15) is 6.42 Å². The molecule has 0 aromatic carbocycles. The van der Waals surface area contributed by atoms with Crippen LogP contribution >= 0.6 is 0 Å². The topological polar surface area (TPSA) is 123 Å². The van der Waals surface area contributed by atoms with Crippen LogP contribution in [0, 0.1) is 0 Å². The number of aromatic nitrogens is 1. The smallest absolute Gasteiger partial charge is 0.244 e. The van der Waals surface area contributed by atoms with Gasteiger partial charge in [0.15, 0.2) is 0 Å². The summed E-state index contributed by atoms with van der Waals surface area (Å²) in [6.45, 7) is 2.00. The molecule has 0 aliphatic carbocycles. The van der Waals surface area contributed by atoms with E-state index in [0.29, 0.717) is 32.6 Å². The van der Waals surface area contributed by atoms with Crippen LogP contribution in [0.4, 0.5) is 5.82 Å². The Morgan fingerprint density at radius 3 is 2.62 bits per heavy atom. The van der Waals surface area contributed by atoms with Crippen LogP contribution in [0.25, 0.3) is 0 Å². The van der Waals surface area contributed by atoms with Gasteiger partial charge < -0.3 is 11.5 Å². The van der Waals surface area contributed by atoms with Gasteiger partial charge in [-0.3, -0.25) is 9.69 Å². The Hall–Kier alpha value is -1.71. The largest absolute Gasteiger partial charge is 0.384 e. The lowest BCUT2D eigenvalue weighted by Gasteiger charge is -2.20. The Morgan fingerprint density at radius 1 is 1.24 bits per heavy atom. The lowest BCUT2D eigenvalue weighted by molar-refractivity contribution is -0.119. The molecule has 0 atom stereocenters. The Kier molecular flexibility index (Phi) is 4.76. The van der Waals surface area contributed by atoms with Crippen molar-refractivity contribution in [1.29, 1.82) is 0 Å². The Balaban J connectivity index is 2.10. The molecule has 1 aliphatic heterocycles. The Labute approximate surface area is 123 Å². The van der Waals surface area contributed by atoms with Gasteiger partial charge in [-0.1, -0.05) is 0 Å². The molecule has 2 heterocycles. The lowest BCUT2D eigenvalue weighted by Crippen LogP contribution is -2.38. The van der Waals surface area contributed by atoms with E-state index in [4.69, 9.17) is 11.5 Å². The first kappa shape index (κ1) is 15.7. The summed E-state index contributed by atoms with van der Waals surface area (Å²) in [5, 5.41) is 0. The minimum absolute atomic E-state index is 0.125. The van der Waals surface area contributed by atoms with Crippen molar-refractivity contribution in [1.82, 2.24) is 14.2 Å². The van der Waals surface area contributed by atoms with Gasteiger partial charge in [-0.15, -0.1) is 0 Å². The highest BCUT2D eigenvalue weighted by molar-refractivity contribution is 7.89. The number of hydrogen-bond acceptors (Lipinski definition) is 6. The maximum Gasteiger partial charge on any atom is 0.244 e. The van der Waals surface area contributed by atoms with Gasteiger partial charge >= 0.3 is 0 Å². The molecule has 0 radical (unpaired) electrons. The molecular weight excluding hydrogens is 294 g/mol. The highest BCUT2D eigenvalue weighted by Crippen LogP contribution is 2.17. The number of carbonyl (C=O) groups is 1. The van der Waals surface area contributed by atoms with Crippen LogP contribution in [0.3, 0.4) is 0 Å². The molecule has 1 aromatic rings. The minimum Gasteiger partial charge on any atom is -0.384 e. The van der Waals surface area contributed by atoms with Crippen molar-refractivity contribution in [3.8, 4) is 0 Å². The zero-order chi connectivity index (χ0) is 15.5. The molecule has 1 aromatic heterocycles. The predicted octanol–water partition coefficient (Wildman–Crippen LogP) is -1.15. The number of sulfonamides is 1. The first-order chi connectivity index (χ1) is 9.89. The van der Waals surface area contributed by atoms with Crippen LogP contribution in [0.15, 0.2) is 23.2 Å². The van der Waals surface area contributed by atoms with Crippen molar-refractivity contribution in [3.63, 3.8) is 0 Å². The van der Waals surface area contributed by atoms with Gasteiger partial charge in [0.05, 0.1) is 6.54 Å². The number of carbonyl (C=O) groups excluding carboxylic acids is 1. The molecule has 0 saturated carbocycles. The average molecular weight is 313 g/mol. The molecule has 4 N–H and O–H groups in total. The molecule has 0 bridgehead atoms. The number of nitrogens with zero attached hydrogens (tertiary/aromatic N) is 3. The van der Waals surface area contributed by atoms with E-state index in [-0.39, 0.29) is 17.3 Å². The third kappa shape index (κ3) is 3.90. The van der Waals surface area contributed by atoms with Gasteiger partial charge in [-0.25, -0.2) is 13.4 Å². The molecule has 0 spiro atoms. The number of amides is 1. The molecule has 8 nitrogen and oxygen atoms in total. The van der Waals surface area contributed by atoms with Crippen LogP contribution in [0.5, 0.6) is 0 Å². The van der Waals surface area contributed by atoms with Crippen LogP contribution < -0.4 is 11.5 Å². The maximum atomic E-state index is 12.5. The molecular formula is C12H19N5O3S. The van der Waals surface area contributed by atoms with E-state index in [1.54, 1.807) is 0 Å². The summed E-state index contributed by atoms with van der Waals surface area (Å²) in [4.78, 5) is 16.7. The number of rotatable bonds is 4. The third-order valence-corrected chi connectivity index (χ3v) is 5.21. The van der Waals surface area contributed by atoms with E-state index < -0.39 is 15.9 Å². The molecule has 1 saturated heterocycles. The molecule has 1 fully saturated rings. The number of hydrogen-bond donors (Lipinski definition) is 2. The number of nitrogens with two attached hydrogens (primary N) is 2. The van der Waals surface area contributed by atoms with Gasteiger partial charge in [0.25, 0.3) is 0 Å². The molecule has 2 rings (SSSR count). The lowest BCUT2D eigenvalue weighted by atomic mass is 10.4. The van der Waals surface area contributed by atoms with E-state index >= 15 is 0 Å². The summed E-state index contributed by atoms with van der Waals surface area (Å²) in [6.07, 6.45) is 1.91. The summed E-state index contributed by atoms with van der Waals surface area (Å²) >= 11 is 0. The second-order valence-electron chi connectivity index (χ2n) is 4.92. The molecule has 116 valence electrons. The summed E-state index contributed by atoms with van der Waals surface area (Å²) < 4.78 is 26.4. The number of primary amides is 1. The maximum absolute atomic E-state index is 12.5. The van der Waals surface area contributed by atoms with Gasteiger partial charge in [-0.05, 0) is 25.1 Å². The Bertz CT molecular complexity index is 602. The fourth-order valence-electron chi connectivity index (χ4n) is 2.26. The van der Waals surface area contributed by atoms with Crippen molar-refractivity contribution in [2.45, 2.75) is 11.3 Å². The van der Waals surface area contributed by atoms with Crippen LogP contribution in [-0.2, 0) is 14.8 Å². The van der Waals surface area contributed by atoms with Crippen molar-refractivity contribution in [2.75, 3.05) is 38.5 Å². The fraction of sp³-hybridized carbons (Fsp3) is 0.500. The van der Waals surface area contributed by atoms with E-state index in [0.717, 1.165) is 0 Å². The van der Waals surface area contributed by atoms with Gasteiger partial charge in [-0.2, -0.15) is 4.31 Å². The van der Waals surface area contributed by atoms with Crippen LogP contribution in [-0.4, -0.2) is 61.2 Å². The summed E-state index contributed by atoms with van der Waals surface area (Å²) in [7, 11) is -3.58. The van der Waals surface area contributed by atoms with Crippen molar-refractivity contribution < 1.29 is 13.2 Å². The zero-order valence-corrected chi connectivity index (χ0v) is 12.4. The molecule has 0 unspecified atom stereocenters. The van der Waals surface area contributed by atoms with E-state index in [9.17, 15) is 13.2 Å². The summed E-state index contributed by atoms with van der Waals surface area (Å²) in [5.74, 6) is -0.133. The summed E-state index contributed by atoms with van der Waals surface area (Å²) in [5.41, 5.74) is 10.6. The van der Waals surface area contributed by atoms with Gasteiger partial charge in [0.2, 0.25) is 15.9 Å². The molecule has 1 amide bonds. The van der Waals surface area contributed by atoms with Crippen molar-refractivity contribution >= 4 is 21.7 Å². The molecule has 1 aliphatic rings. The van der Waals surface area contributed by atoms with E-state index in [1.807, 2.05) is 4.90 Å². The minimum atomic E-state index is -3.58. The molecule has 9 heteroatoms. The predicted molar refractivity (Wildman–Crippen MR) is 77.7 cm³/mol. The van der Waals surface area contributed by atoms with Crippen molar-refractivity contribution in [3.05, 3.63) is 18.3 Å². The normalized spacial score (nSPS) is 18.3. The zero-order valence-electron chi connectivity index (χ0n) is 11.6. The Morgan fingerprint density at radius 2 is 2.00 bits per heavy atom. The first-order valence-electron chi connectivity index (χ1n) is 6.62. The second kappa shape index (κ2) is 6.37. The summed E-state index contributed by atoms with van der Waals surface area (Å²) in [6, 6.07) is 2.91. The second-order valence-corrected chi connectivity index (χ2v) is 6.86. The SMILES string of the molecule is NC(=O)CN1CCCN(S(=O)(=O)c2ccc(N)nc2)CC1. The monoisotopic (exact) mass is 313 g/mol. The highest BCUT2D eigenvalue weighted by Gasteiger charge is 2.27.